The fraction of sp³-hybridized carbons (Fsp3) is 0.303. The van der Waals surface area contributed by atoms with Crippen LogP contribution < -0.4 is 10.1 Å². The molecule has 42 heavy (non-hydrogen) atoms. The van der Waals surface area contributed by atoms with Crippen LogP contribution in [0.3, 0.4) is 0 Å². The summed E-state index contributed by atoms with van der Waals surface area (Å²) < 4.78 is 20.7. The minimum Gasteiger partial charge on any atom is -0.496 e. The number of rotatable bonds is 9. The Hall–Kier alpha value is -3.92. The predicted octanol–water partition coefficient (Wildman–Crippen LogP) is 5.45. The molecule has 0 spiro atoms. The van der Waals surface area contributed by atoms with E-state index < -0.39 is 15.7 Å². The van der Waals surface area contributed by atoms with Gasteiger partial charge < -0.3 is 15.2 Å². The molecule has 3 heterocycles. The third-order valence-corrected chi connectivity index (χ3v) is 9.14. The molecule has 1 aliphatic heterocycles. The van der Waals surface area contributed by atoms with Crippen LogP contribution in [0.1, 0.15) is 60.4 Å². The van der Waals surface area contributed by atoms with Gasteiger partial charge in [-0.1, -0.05) is 36.4 Å². The van der Waals surface area contributed by atoms with E-state index in [9.17, 15) is 14.1 Å². The summed E-state index contributed by atoms with van der Waals surface area (Å²) in [5.41, 5.74) is 6.34. The highest BCUT2D eigenvalue weighted by molar-refractivity contribution is 7.84. The fourth-order valence-electron chi connectivity index (χ4n) is 5.30. The summed E-state index contributed by atoms with van der Waals surface area (Å²) in [4.78, 5) is 22.4. The monoisotopic (exact) mass is 584 g/mol. The zero-order valence-corrected chi connectivity index (χ0v) is 25.1. The first-order chi connectivity index (χ1) is 20.2. The Morgan fingerprint density at radius 1 is 1.07 bits per heavy atom. The van der Waals surface area contributed by atoms with Gasteiger partial charge in [0.05, 0.1) is 23.6 Å². The molecule has 9 heteroatoms. The molecule has 5 rings (SSSR count). The number of aliphatic hydroxyl groups excluding tert-OH is 1. The average Bonchev–Trinajstić information content (AvgIpc) is 3.37. The molecule has 0 bridgehead atoms. The van der Waals surface area contributed by atoms with Gasteiger partial charge in [0.2, 0.25) is 0 Å². The Kier molecular flexibility index (Phi) is 8.82. The van der Waals surface area contributed by atoms with Crippen molar-refractivity contribution >= 4 is 16.9 Å². The quantitative estimate of drug-likeness (QED) is 0.271. The standard InChI is InChI=1S/C33H36N4O4S/c1-33(2,3)42(40)37-21-25-19-27(32(39)35-20-22-12-15-34-16-13-22)36-31(30(25)28(37)14-17-38)24-9-7-8-23(18-24)26-10-5-6-11-29(26)41-4/h5-13,15-16,18-19,28,38H,14,17,20-21H2,1-4H3,(H,35,39). The molecule has 4 aromatic rings. The first kappa shape index (κ1) is 29.6. The number of amides is 1. The highest BCUT2D eigenvalue weighted by Crippen LogP contribution is 2.44. The number of carbonyl (C=O) groups is 1. The lowest BCUT2D eigenvalue weighted by Gasteiger charge is -2.30. The lowest BCUT2D eigenvalue weighted by molar-refractivity contribution is 0.0946. The first-order valence-corrected chi connectivity index (χ1v) is 15.1. The molecule has 2 aromatic heterocycles. The van der Waals surface area contributed by atoms with Crippen molar-refractivity contribution in [3.05, 3.63) is 102 Å². The van der Waals surface area contributed by atoms with E-state index in [0.717, 1.165) is 39.1 Å². The number of hydrogen-bond donors (Lipinski definition) is 2. The van der Waals surface area contributed by atoms with Gasteiger partial charge in [-0.2, -0.15) is 0 Å². The number of ether oxygens (including phenoxy) is 1. The maximum Gasteiger partial charge on any atom is 0.270 e. The van der Waals surface area contributed by atoms with E-state index in [-0.39, 0.29) is 24.2 Å². The largest absolute Gasteiger partial charge is 0.496 e. The Labute approximate surface area is 249 Å². The molecule has 0 aliphatic carbocycles. The third kappa shape index (κ3) is 6.13. The molecule has 1 aliphatic rings. The summed E-state index contributed by atoms with van der Waals surface area (Å²) in [6.07, 6.45) is 3.77. The number of aliphatic hydroxyl groups is 1. The van der Waals surface area contributed by atoms with Crippen LogP contribution in [0.5, 0.6) is 5.75 Å². The number of hydrogen-bond acceptors (Lipinski definition) is 6. The smallest absolute Gasteiger partial charge is 0.270 e. The summed E-state index contributed by atoms with van der Waals surface area (Å²) in [5, 5.41) is 13.0. The Bertz CT molecular complexity index is 1600. The van der Waals surface area contributed by atoms with E-state index in [1.165, 1.54) is 0 Å². The number of carbonyl (C=O) groups excluding carboxylic acids is 1. The number of methoxy groups -OCH3 is 1. The average molecular weight is 585 g/mol. The number of fused-ring (bicyclic) bond motifs is 1. The highest BCUT2D eigenvalue weighted by Gasteiger charge is 2.40. The third-order valence-electron chi connectivity index (χ3n) is 7.28. The molecular formula is C33H36N4O4S. The van der Waals surface area contributed by atoms with Crippen LogP contribution in [-0.4, -0.2) is 48.0 Å². The van der Waals surface area contributed by atoms with Crippen LogP contribution in [-0.2, 0) is 24.1 Å². The number of pyridine rings is 2. The van der Waals surface area contributed by atoms with Gasteiger partial charge in [0.25, 0.3) is 5.91 Å². The molecule has 8 nitrogen and oxygen atoms in total. The normalized spacial score (nSPS) is 15.7. The Balaban J connectivity index is 1.62. The van der Waals surface area contributed by atoms with Crippen LogP contribution in [0, 0.1) is 0 Å². The van der Waals surface area contributed by atoms with E-state index >= 15 is 0 Å². The van der Waals surface area contributed by atoms with Crippen molar-refractivity contribution < 1.29 is 18.8 Å². The van der Waals surface area contributed by atoms with Crippen molar-refractivity contribution in [3.63, 3.8) is 0 Å². The number of nitrogens with zero attached hydrogens (tertiary/aromatic N) is 3. The molecule has 0 fully saturated rings. The molecule has 2 N–H and O–H groups in total. The summed E-state index contributed by atoms with van der Waals surface area (Å²) in [7, 11) is 0.300. The zero-order chi connectivity index (χ0) is 29.9. The van der Waals surface area contributed by atoms with Gasteiger partial charge in [-0.15, -0.1) is 0 Å². The SMILES string of the molecule is COc1ccccc1-c1cccc(-c2nc(C(=O)NCc3ccncc3)cc3c2C(CCO)N(S(=O)C(C)(C)C)C3)c1. The predicted molar refractivity (Wildman–Crippen MR) is 165 cm³/mol. The van der Waals surface area contributed by atoms with E-state index in [0.29, 0.717) is 25.2 Å². The number of nitrogens with one attached hydrogen (secondary N) is 1. The van der Waals surface area contributed by atoms with Crippen molar-refractivity contribution in [1.82, 2.24) is 19.6 Å². The summed E-state index contributed by atoms with van der Waals surface area (Å²) >= 11 is 0. The molecule has 1 amide bonds. The lowest BCUT2D eigenvalue weighted by atomic mass is 9.94. The highest BCUT2D eigenvalue weighted by atomic mass is 32.2. The Morgan fingerprint density at radius 3 is 2.52 bits per heavy atom. The summed E-state index contributed by atoms with van der Waals surface area (Å²) in [6, 6.07) is 21.0. The first-order valence-electron chi connectivity index (χ1n) is 14.0. The van der Waals surface area contributed by atoms with E-state index in [4.69, 9.17) is 9.72 Å². The van der Waals surface area contributed by atoms with Gasteiger partial charge in [0.15, 0.2) is 0 Å². The molecule has 0 saturated carbocycles. The van der Waals surface area contributed by atoms with Crippen LogP contribution in [0.4, 0.5) is 0 Å². The maximum absolute atomic E-state index is 13.7. The molecule has 2 unspecified atom stereocenters. The van der Waals surface area contributed by atoms with Crippen molar-refractivity contribution in [2.75, 3.05) is 13.7 Å². The second-order valence-electron chi connectivity index (χ2n) is 11.2. The van der Waals surface area contributed by atoms with Gasteiger partial charge >= 0.3 is 0 Å². The van der Waals surface area contributed by atoms with Gasteiger partial charge in [-0.25, -0.2) is 13.5 Å². The lowest BCUT2D eigenvalue weighted by Crippen LogP contribution is -2.36. The minimum absolute atomic E-state index is 0.0726. The molecule has 0 radical (unpaired) electrons. The van der Waals surface area contributed by atoms with Crippen molar-refractivity contribution in [2.24, 2.45) is 0 Å². The van der Waals surface area contributed by atoms with Crippen LogP contribution in [0.2, 0.25) is 0 Å². The zero-order valence-electron chi connectivity index (χ0n) is 24.3. The number of aromatic nitrogens is 2. The van der Waals surface area contributed by atoms with Gasteiger partial charge in [0.1, 0.15) is 22.4 Å². The van der Waals surface area contributed by atoms with Gasteiger partial charge in [0, 0.05) is 48.8 Å². The maximum atomic E-state index is 13.7. The number of para-hydroxylation sites is 1. The fourth-order valence-corrected chi connectivity index (χ4v) is 6.70. The molecule has 2 atom stereocenters. The molecule has 218 valence electrons. The molecule has 0 saturated heterocycles. The van der Waals surface area contributed by atoms with E-state index in [1.54, 1.807) is 25.6 Å². The second kappa shape index (κ2) is 12.5. The van der Waals surface area contributed by atoms with E-state index in [2.05, 4.69) is 10.3 Å². The number of benzene rings is 2. The van der Waals surface area contributed by atoms with Gasteiger partial charge in [-0.05, 0) is 74.2 Å². The van der Waals surface area contributed by atoms with Crippen LogP contribution in [0.15, 0.2) is 79.1 Å². The van der Waals surface area contributed by atoms with Crippen molar-refractivity contribution in [3.8, 4) is 28.1 Å². The summed E-state index contributed by atoms with van der Waals surface area (Å²) in [6.45, 7) is 6.47. The van der Waals surface area contributed by atoms with Crippen LogP contribution in [0.25, 0.3) is 22.4 Å². The minimum atomic E-state index is -1.35. The topological polar surface area (TPSA) is 105 Å². The van der Waals surface area contributed by atoms with E-state index in [1.807, 2.05) is 85.7 Å². The molecular weight excluding hydrogens is 548 g/mol. The second-order valence-corrected chi connectivity index (χ2v) is 13.4. The summed E-state index contributed by atoms with van der Waals surface area (Å²) in [5.74, 6) is 0.452. The van der Waals surface area contributed by atoms with Crippen molar-refractivity contribution in [2.45, 2.75) is 51.1 Å². The van der Waals surface area contributed by atoms with Crippen LogP contribution >= 0.6 is 0 Å². The molecule has 2 aromatic carbocycles. The van der Waals surface area contributed by atoms with Crippen molar-refractivity contribution in [1.29, 1.82) is 0 Å². The Morgan fingerprint density at radius 2 is 1.81 bits per heavy atom. The van der Waals surface area contributed by atoms with Gasteiger partial charge in [-0.3, -0.25) is 9.78 Å².